The number of benzene rings is 1. The molecule has 0 saturated heterocycles. The van der Waals surface area contributed by atoms with Crippen LogP contribution in [0.4, 0.5) is 5.69 Å². The molecule has 2 aromatic rings. The van der Waals surface area contributed by atoms with Gasteiger partial charge in [-0.2, -0.15) is 5.10 Å². The fourth-order valence-electron chi connectivity index (χ4n) is 2.19. The number of rotatable bonds is 5. The number of aromatic nitrogens is 2. The van der Waals surface area contributed by atoms with Gasteiger partial charge in [-0.1, -0.05) is 18.2 Å². The molecule has 1 aromatic heterocycles. The van der Waals surface area contributed by atoms with Crippen molar-refractivity contribution in [3.8, 4) is 0 Å². The number of halogens is 1. The van der Waals surface area contributed by atoms with Crippen molar-refractivity contribution >= 4 is 31.6 Å². The number of hydrogen-bond donors (Lipinski definition) is 2. The molecule has 9 heteroatoms. The third kappa shape index (κ3) is 4.90. The summed E-state index contributed by atoms with van der Waals surface area (Å²) in [6.07, 6.45) is 1.51. The molecule has 2 rings (SSSR count). The van der Waals surface area contributed by atoms with Gasteiger partial charge in [0.15, 0.2) is 0 Å². The van der Waals surface area contributed by atoms with E-state index in [1.165, 1.54) is 10.9 Å². The molecule has 136 valence electrons. The van der Waals surface area contributed by atoms with E-state index in [-0.39, 0.29) is 17.0 Å². The standard InChI is InChI=1S/C16H21BrN4O3S/c1-16(2,3)20-25(23,24)13-8-6-5-7-11(13)9-18-12-10-19-21(4)15(22)14(12)17/h5-8,10,18,20H,9H2,1-4H3. The Kier molecular flexibility index (Phi) is 5.70. The van der Waals surface area contributed by atoms with Crippen LogP contribution < -0.4 is 15.6 Å². The summed E-state index contributed by atoms with van der Waals surface area (Å²) in [7, 11) is -2.11. The lowest BCUT2D eigenvalue weighted by atomic mass is 10.1. The van der Waals surface area contributed by atoms with Gasteiger partial charge in [0, 0.05) is 19.1 Å². The summed E-state index contributed by atoms with van der Waals surface area (Å²) in [6.45, 7) is 5.59. The average molecular weight is 429 g/mol. The fourth-order valence-corrected chi connectivity index (χ4v) is 4.35. The number of nitrogens with zero attached hydrogens (tertiary/aromatic N) is 2. The van der Waals surface area contributed by atoms with Gasteiger partial charge in [-0.25, -0.2) is 17.8 Å². The first kappa shape index (κ1) is 19.6. The zero-order chi connectivity index (χ0) is 18.8. The Bertz CT molecular complexity index is 933. The van der Waals surface area contributed by atoms with Crippen molar-refractivity contribution in [2.45, 2.75) is 37.8 Å². The lowest BCUT2D eigenvalue weighted by molar-refractivity contribution is 0.491. The van der Waals surface area contributed by atoms with Crippen LogP contribution in [-0.4, -0.2) is 23.7 Å². The van der Waals surface area contributed by atoms with Crippen molar-refractivity contribution < 1.29 is 8.42 Å². The largest absolute Gasteiger partial charge is 0.379 e. The molecular formula is C16H21BrN4O3S. The smallest absolute Gasteiger partial charge is 0.282 e. The van der Waals surface area contributed by atoms with E-state index >= 15 is 0 Å². The highest BCUT2D eigenvalue weighted by Crippen LogP contribution is 2.21. The van der Waals surface area contributed by atoms with Gasteiger partial charge in [-0.3, -0.25) is 4.79 Å². The van der Waals surface area contributed by atoms with E-state index in [2.05, 4.69) is 31.1 Å². The van der Waals surface area contributed by atoms with Crippen LogP contribution in [0.15, 0.2) is 44.6 Å². The second-order valence-corrected chi connectivity index (χ2v) is 9.06. The Labute approximate surface area is 155 Å². The summed E-state index contributed by atoms with van der Waals surface area (Å²) < 4.78 is 29.5. The molecule has 0 bridgehead atoms. The highest BCUT2D eigenvalue weighted by Gasteiger charge is 2.24. The van der Waals surface area contributed by atoms with Crippen molar-refractivity contribution in [2.24, 2.45) is 7.05 Å². The molecule has 0 saturated carbocycles. The summed E-state index contributed by atoms with van der Waals surface area (Å²) in [5.74, 6) is 0. The van der Waals surface area contributed by atoms with Crippen LogP contribution in [0.2, 0.25) is 0 Å². The van der Waals surface area contributed by atoms with Crippen molar-refractivity contribution in [1.82, 2.24) is 14.5 Å². The third-order valence-corrected chi connectivity index (χ3v) is 5.87. The Morgan fingerprint density at radius 2 is 1.88 bits per heavy atom. The average Bonchev–Trinajstić information content (AvgIpc) is 2.50. The minimum atomic E-state index is -3.66. The molecule has 0 fully saturated rings. The van der Waals surface area contributed by atoms with E-state index in [4.69, 9.17) is 0 Å². The van der Waals surface area contributed by atoms with E-state index in [1.807, 2.05) is 0 Å². The molecule has 0 atom stereocenters. The predicted molar refractivity (Wildman–Crippen MR) is 101 cm³/mol. The first-order valence-corrected chi connectivity index (χ1v) is 9.86. The zero-order valence-corrected chi connectivity index (χ0v) is 16.9. The summed E-state index contributed by atoms with van der Waals surface area (Å²) in [6, 6.07) is 6.73. The number of sulfonamides is 1. The van der Waals surface area contributed by atoms with Crippen LogP contribution in [0, 0.1) is 0 Å². The van der Waals surface area contributed by atoms with Crippen LogP contribution >= 0.6 is 15.9 Å². The first-order chi connectivity index (χ1) is 11.5. The maximum Gasteiger partial charge on any atom is 0.282 e. The normalized spacial score (nSPS) is 12.2. The third-order valence-electron chi connectivity index (χ3n) is 3.25. The molecule has 0 aliphatic carbocycles. The van der Waals surface area contributed by atoms with Crippen LogP contribution in [0.25, 0.3) is 0 Å². The van der Waals surface area contributed by atoms with Crippen molar-refractivity contribution in [3.63, 3.8) is 0 Å². The molecule has 1 aromatic carbocycles. The van der Waals surface area contributed by atoms with Gasteiger partial charge in [0.2, 0.25) is 10.0 Å². The molecule has 0 radical (unpaired) electrons. The van der Waals surface area contributed by atoms with Crippen molar-refractivity contribution in [1.29, 1.82) is 0 Å². The van der Waals surface area contributed by atoms with Gasteiger partial charge in [0.05, 0.1) is 16.8 Å². The molecule has 7 nitrogen and oxygen atoms in total. The quantitative estimate of drug-likeness (QED) is 0.761. The van der Waals surface area contributed by atoms with Crippen molar-refractivity contribution in [3.05, 3.63) is 50.9 Å². The molecule has 0 aliphatic heterocycles. The topological polar surface area (TPSA) is 93.1 Å². The summed E-state index contributed by atoms with van der Waals surface area (Å²) in [5, 5.41) is 7.01. The highest BCUT2D eigenvalue weighted by atomic mass is 79.9. The molecule has 0 aliphatic rings. The van der Waals surface area contributed by atoms with E-state index in [0.717, 1.165) is 0 Å². The van der Waals surface area contributed by atoms with Crippen molar-refractivity contribution in [2.75, 3.05) is 5.32 Å². The number of hydrogen-bond acceptors (Lipinski definition) is 5. The lowest BCUT2D eigenvalue weighted by Gasteiger charge is -2.21. The van der Waals surface area contributed by atoms with Crippen LogP contribution in [-0.2, 0) is 23.6 Å². The molecule has 0 spiro atoms. The molecule has 25 heavy (non-hydrogen) atoms. The maximum atomic E-state index is 12.6. The zero-order valence-electron chi connectivity index (χ0n) is 14.5. The summed E-state index contributed by atoms with van der Waals surface area (Å²) in [5.41, 5.74) is 0.226. The monoisotopic (exact) mass is 428 g/mol. The lowest BCUT2D eigenvalue weighted by Crippen LogP contribution is -2.40. The Morgan fingerprint density at radius 1 is 1.24 bits per heavy atom. The van der Waals surface area contributed by atoms with E-state index in [0.29, 0.717) is 15.7 Å². The van der Waals surface area contributed by atoms with Gasteiger partial charge in [0.1, 0.15) is 4.47 Å². The Balaban J connectivity index is 2.31. The second kappa shape index (κ2) is 7.27. The van der Waals surface area contributed by atoms with Gasteiger partial charge >= 0.3 is 0 Å². The Hall–Kier alpha value is -1.71. The molecule has 0 unspecified atom stereocenters. The molecule has 0 amide bonds. The van der Waals surface area contributed by atoms with Gasteiger partial charge in [0.25, 0.3) is 5.56 Å². The number of anilines is 1. The minimum Gasteiger partial charge on any atom is -0.379 e. The second-order valence-electron chi connectivity index (χ2n) is 6.62. The number of aryl methyl sites for hydroxylation is 1. The van der Waals surface area contributed by atoms with Gasteiger partial charge in [-0.15, -0.1) is 0 Å². The molecule has 2 N–H and O–H groups in total. The van der Waals surface area contributed by atoms with E-state index in [9.17, 15) is 13.2 Å². The van der Waals surface area contributed by atoms with Gasteiger partial charge in [-0.05, 0) is 48.3 Å². The van der Waals surface area contributed by atoms with Crippen LogP contribution in [0.1, 0.15) is 26.3 Å². The van der Waals surface area contributed by atoms with E-state index in [1.54, 1.807) is 52.1 Å². The van der Waals surface area contributed by atoms with Crippen LogP contribution in [0.3, 0.4) is 0 Å². The fraction of sp³-hybridized carbons (Fsp3) is 0.375. The van der Waals surface area contributed by atoms with Gasteiger partial charge < -0.3 is 5.32 Å². The summed E-state index contributed by atoms with van der Waals surface area (Å²) >= 11 is 3.24. The van der Waals surface area contributed by atoms with E-state index < -0.39 is 15.6 Å². The molecule has 1 heterocycles. The minimum absolute atomic E-state index is 0.199. The van der Waals surface area contributed by atoms with Crippen LogP contribution in [0.5, 0.6) is 0 Å². The summed E-state index contributed by atoms with van der Waals surface area (Å²) in [4.78, 5) is 12.1. The molecular weight excluding hydrogens is 408 g/mol. The maximum absolute atomic E-state index is 12.6. The predicted octanol–water partition coefficient (Wildman–Crippen LogP) is 2.23. The number of nitrogens with one attached hydrogen (secondary N) is 2. The Morgan fingerprint density at radius 3 is 2.52 bits per heavy atom. The SMILES string of the molecule is Cn1ncc(NCc2ccccc2S(=O)(=O)NC(C)(C)C)c(Br)c1=O. The first-order valence-electron chi connectivity index (χ1n) is 7.59. The highest BCUT2D eigenvalue weighted by molar-refractivity contribution is 9.10.